The quantitative estimate of drug-likeness (QED) is 0.552. The molecular formula is C22H18N2O3. The van der Waals surface area contributed by atoms with Crippen LogP contribution in [0.2, 0.25) is 0 Å². The maximum atomic E-state index is 12.2. The number of carbonyl (C=O) groups is 1. The Morgan fingerprint density at radius 1 is 0.889 bits per heavy atom. The van der Waals surface area contributed by atoms with Gasteiger partial charge in [0.25, 0.3) is 0 Å². The van der Waals surface area contributed by atoms with Crippen molar-refractivity contribution in [2.24, 2.45) is 0 Å². The molecule has 0 aliphatic rings. The van der Waals surface area contributed by atoms with Crippen molar-refractivity contribution >= 4 is 5.91 Å². The van der Waals surface area contributed by atoms with Crippen molar-refractivity contribution < 1.29 is 13.7 Å². The summed E-state index contributed by atoms with van der Waals surface area (Å²) in [4.78, 5) is 12.2. The zero-order chi connectivity index (χ0) is 18.5. The Labute approximate surface area is 156 Å². The van der Waals surface area contributed by atoms with E-state index in [4.69, 9.17) is 8.94 Å². The first-order valence-corrected chi connectivity index (χ1v) is 8.68. The molecule has 4 rings (SSSR count). The number of amides is 1. The first-order chi connectivity index (χ1) is 13.3. The fourth-order valence-corrected chi connectivity index (χ4v) is 2.81. The molecule has 0 unspecified atom stereocenters. The van der Waals surface area contributed by atoms with E-state index in [0.717, 1.165) is 16.7 Å². The van der Waals surface area contributed by atoms with Crippen molar-refractivity contribution in [2.45, 2.75) is 13.0 Å². The Balaban J connectivity index is 1.32. The molecule has 1 N–H and O–H groups in total. The lowest BCUT2D eigenvalue weighted by atomic mass is 10.0. The molecule has 0 spiro atoms. The van der Waals surface area contributed by atoms with Crippen LogP contribution in [-0.2, 0) is 17.8 Å². The molecule has 0 radical (unpaired) electrons. The molecule has 0 aliphatic heterocycles. The third kappa shape index (κ3) is 4.15. The van der Waals surface area contributed by atoms with Crippen LogP contribution in [0.5, 0.6) is 0 Å². The first-order valence-electron chi connectivity index (χ1n) is 8.68. The number of aromatic nitrogens is 1. The fraction of sp³-hybridized carbons (Fsp3) is 0.0909. The predicted molar refractivity (Wildman–Crippen MR) is 102 cm³/mol. The zero-order valence-electron chi connectivity index (χ0n) is 14.6. The van der Waals surface area contributed by atoms with E-state index in [1.54, 1.807) is 24.5 Å². The molecular weight excluding hydrogens is 340 g/mol. The summed E-state index contributed by atoms with van der Waals surface area (Å²) in [5, 5.41) is 6.81. The topological polar surface area (TPSA) is 68.3 Å². The summed E-state index contributed by atoms with van der Waals surface area (Å²) in [6, 6.07) is 23.5. The molecule has 0 atom stereocenters. The number of nitrogens with zero attached hydrogens (tertiary/aromatic N) is 1. The minimum absolute atomic E-state index is 0.0648. The van der Waals surface area contributed by atoms with E-state index in [1.165, 1.54) is 0 Å². The Morgan fingerprint density at radius 2 is 1.67 bits per heavy atom. The maximum absolute atomic E-state index is 12.2. The smallest absolute Gasteiger partial charge is 0.224 e. The summed E-state index contributed by atoms with van der Waals surface area (Å²) in [7, 11) is 0. The van der Waals surface area contributed by atoms with Gasteiger partial charge in [-0.3, -0.25) is 4.79 Å². The van der Waals surface area contributed by atoms with Gasteiger partial charge >= 0.3 is 0 Å². The molecule has 1 amide bonds. The average Bonchev–Trinajstić information content (AvgIpc) is 3.39. The molecule has 0 fully saturated rings. The Hall–Kier alpha value is -3.60. The fourth-order valence-electron chi connectivity index (χ4n) is 2.81. The van der Waals surface area contributed by atoms with Gasteiger partial charge in [-0.2, -0.15) is 0 Å². The van der Waals surface area contributed by atoms with E-state index in [0.29, 0.717) is 30.2 Å². The van der Waals surface area contributed by atoms with Gasteiger partial charge in [0.15, 0.2) is 5.76 Å². The summed E-state index contributed by atoms with van der Waals surface area (Å²) in [5.74, 6) is 1.09. The van der Waals surface area contributed by atoms with Gasteiger partial charge in [-0.25, -0.2) is 0 Å². The maximum Gasteiger partial charge on any atom is 0.224 e. The van der Waals surface area contributed by atoms with E-state index in [-0.39, 0.29) is 5.91 Å². The molecule has 2 heterocycles. The third-order valence-corrected chi connectivity index (χ3v) is 4.22. The molecule has 0 aliphatic carbocycles. The van der Waals surface area contributed by atoms with E-state index in [9.17, 15) is 4.79 Å². The van der Waals surface area contributed by atoms with Crippen LogP contribution in [0, 0.1) is 0 Å². The van der Waals surface area contributed by atoms with Gasteiger partial charge in [-0.05, 0) is 28.8 Å². The van der Waals surface area contributed by atoms with Gasteiger partial charge in [-0.1, -0.05) is 59.8 Å². The molecule has 27 heavy (non-hydrogen) atoms. The lowest BCUT2D eigenvalue weighted by Crippen LogP contribution is -2.24. The van der Waals surface area contributed by atoms with Gasteiger partial charge in [0.1, 0.15) is 5.69 Å². The van der Waals surface area contributed by atoms with Crippen LogP contribution in [-0.4, -0.2) is 11.1 Å². The number of benzene rings is 2. The minimum Gasteiger partial charge on any atom is -0.461 e. The van der Waals surface area contributed by atoms with Crippen LogP contribution in [0.25, 0.3) is 22.6 Å². The molecule has 2 aromatic carbocycles. The van der Waals surface area contributed by atoms with Gasteiger partial charge < -0.3 is 14.3 Å². The summed E-state index contributed by atoms with van der Waals surface area (Å²) in [6.45, 7) is 0.311. The average molecular weight is 358 g/mol. The number of rotatable bonds is 6. The molecule has 0 saturated carbocycles. The number of carbonyl (C=O) groups excluding carboxylic acids is 1. The van der Waals surface area contributed by atoms with Gasteiger partial charge in [-0.15, -0.1) is 0 Å². The lowest BCUT2D eigenvalue weighted by Gasteiger charge is -2.05. The molecule has 0 saturated heterocycles. The van der Waals surface area contributed by atoms with E-state index in [1.807, 2.05) is 42.5 Å². The van der Waals surface area contributed by atoms with Crippen LogP contribution in [0.3, 0.4) is 0 Å². The van der Waals surface area contributed by atoms with Crippen molar-refractivity contribution in [1.29, 1.82) is 0 Å². The van der Waals surface area contributed by atoms with Crippen LogP contribution in [0.1, 0.15) is 11.3 Å². The molecule has 134 valence electrons. The van der Waals surface area contributed by atoms with E-state index in [2.05, 4.69) is 22.6 Å². The Bertz CT molecular complexity index is 1000. The standard InChI is InChI=1S/C22H18N2O3/c25-22(23-15-19-14-21(27-24-19)20-7-4-12-26-20)13-16-8-10-18(11-9-16)17-5-2-1-3-6-17/h1-12,14H,13,15H2,(H,23,25). The number of nitrogens with one attached hydrogen (secondary N) is 1. The number of furan rings is 1. The Morgan fingerprint density at radius 3 is 2.41 bits per heavy atom. The normalized spacial score (nSPS) is 10.7. The summed E-state index contributed by atoms with van der Waals surface area (Å²) in [5.41, 5.74) is 3.90. The van der Waals surface area contributed by atoms with Crippen LogP contribution >= 0.6 is 0 Å². The molecule has 2 aromatic heterocycles. The van der Waals surface area contributed by atoms with Crippen LogP contribution < -0.4 is 5.32 Å². The third-order valence-electron chi connectivity index (χ3n) is 4.22. The highest BCUT2D eigenvalue weighted by molar-refractivity contribution is 5.78. The molecule has 5 nitrogen and oxygen atoms in total. The summed E-state index contributed by atoms with van der Waals surface area (Å²) < 4.78 is 10.5. The zero-order valence-corrected chi connectivity index (χ0v) is 14.6. The predicted octanol–water partition coefficient (Wildman–Crippen LogP) is 4.46. The number of hydrogen-bond donors (Lipinski definition) is 1. The monoisotopic (exact) mass is 358 g/mol. The second-order valence-corrected chi connectivity index (χ2v) is 6.18. The first kappa shape index (κ1) is 16.8. The second kappa shape index (κ2) is 7.74. The van der Waals surface area contributed by atoms with Crippen molar-refractivity contribution in [3.05, 3.63) is 90.3 Å². The van der Waals surface area contributed by atoms with Crippen molar-refractivity contribution in [3.8, 4) is 22.6 Å². The highest BCUT2D eigenvalue weighted by Crippen LogP contribution is 2.21. The van der Waals surface area contributed by atoms with Crippen molar-refractivity contribution in [3.63, 3.8) is 0 Å². The molecule has 4 aromatic rings. The van der Waals surface area contributed by atoms with Gasteiger partial charge in [0, 0.05) is 6.07 Å². The minimum atomic E-state index is -0.0648. The lowest BCUT2D eigenvalue weighted by molar-refractivity contribution is -0.120. The van der Waals surface area contributed by atoms with Crippen LogP contribution in [0.4, 0.5) is 0 Å². The van der Waals surface area contributed by atoms with E-state index < -0.39 is 0 Å². The summed E-state index contributed by atoms with van der Waals surface area (Å²) in [6.07, 6.45) is 1.89. The van der Waals surface area contributed by atoms with Crippen LogP contribution in [0.15, 0.2) is 88.0 Å². The second-order valence-electron chi connectivity index (χ2n) is 6.18. The highest BCUT2D eigenvalue weighted by atomic mass is 16.5. The number of hydrogen-bond acceptors (Lipinski definition) is 4. The molecule has 0 bridgehead atoms. The van der Waals surface area contributed by atoms with Crippen molar-refractivity contribution in [2.75, 3.05) is 0 Å². The molecule has 5 heteroatoms. The summed E-state index contributed by atoms with van der Waals surface area (Å²) >= 11 is 0. The van der Waals surface area contributed by atoms with Gasteiger partial charge in [0.05, 0.1) is 19.2 Å². The largest absolute Gasteiger partial charge is 0.461 e. The van der Waals surface area contributed by atoms with Crippen molar-refractivity contribution in [1.82, 2.24) is 10.5 Å². The Kier molecular flexibility index (Phi) is 4.83. The van der Waals surface area contributed by atoms with E-state index >= 15 is 0 Å². The highest BCUT2D eigenvalue weighted by Gasteiger charge is 2.10. The SMILES string of the molecule is O=C(Cc1ccc(-c2ccccc2)cc1)NCc1cc(-c2ccco2)on1. The van der Waals surface area contributed by atoms with Gasteiger partial charge in [0.2, 0.25) is 11.7 Å².